The second-order valence-corrected chi connectivity index (χ2v) is 9.51. The van der Waals surface area contributed by atoms with E-state index in [9.17, 15) is 4.79 Å². The second-order valence-electron chi connectivity index (χ2n) is 9.51. The number of hydrogen-bond donors (Lipinski definition) is 1. The van der Waals surface area contributed by atoms with Crippen molar-refractivity contribution in [3.8, 4) is 0 Å². The number of hydrogen-bond acceptors (Lipinski definition) is 4. The highest BCUT2D eigenvalue weighted by atomic mass is 16.6. The molecule has 1 heterocycles. The predicted octanol–water partition coefficient (Wildman–Crippen LogP) is 6.56. The molecule has 0 spiro atoms. The third-order valence-corrected chi connectivity index (χ3v) is 6.23. The molecule has 1 aliphatic rings. The Morgan fingerprint density at radius 3 is 2.15 bits per heavy atom. The molecule has 0 amide bonds. The van der Waals surface area contributed by atoms with Crippen LogP contribution in [0, 0.1) is 5.92 Å². The average molecular weight is 463 g/mol. The normalized spacial score (nSPS) is 19.2. The minimum atomic E-state index is -0.433. The summed E-state index contributed by atoms with van der Waals surface area (Å²) in [5, 5.41) is 9.03. The van der Waals surface area contributed by atoms with Gasteiger partial charge in [0.2, 0.25) is 0 Å². The van der Waals surface area contributed by atoms with Gasteiger partial charge >= 0.3 is 5.97 Å². The Kier molecular flexibility index (Phi) is 10.1. The lowest BCUT2D eigenvalue weighted by Crippen LogP contribution is -2.11. The molecule has 0 bridgehead atoms. The lowest BCUT2D eigenvalue weighted by Gasteiger charge is -2.18. The Bertz CT molecular complexity index is 909. The van der Waals surface area contributed by atoms with Gasteiger partial charge in [0.05, 0.1) is 12.7 Å². The molecule has 1 saturated heterocycles. The first-order valence-corrected chi connectivity index (χ1v) is 12.4. The monoisotopic (exact) mass is 462 g/mol. The quantitative estimate of drug-likeness (QED) is 0.120. The van der Waals surface area contributed by atoms with Crippen molar-refractivity contribution in [2.45, 2.75) is 71.2 Å². The number of ether oxygens (including phenoxy) is 2. The molecule has 1 N–H and O–H groups in total. The Morgan fingerprint density at radius 2 is 1.59 bits per heavy atom. The van der Waals surface area contributed by atoms with E-state index in [1.165, 1.54) is 18.4 Å². The molecule has 3 rings (SSSR count). The lowest BCUT2D eigenvalue weighted by molar-refractivity contribution is -0.141. The highest BCUT2D eigenvalue weighted by molar-refractivity contribution is 5.83. The number of aliphatic hydroxyl groups is 1. The fourth-order valence-corrected chi connectivity index (χ4v) is 4.49. The second kappa shape index (κ2) is 13.3. The number of benzene rings is 2. The van der Waals surface area contributed by atoms with Gasteiger partial charge in [-0.25, -0.2) is 4.79 Å². The van der Waals surface area contributed by atoms with Gasteiger partial charge in [-0.3, -0.25) is 0 Å². The van der Waals surface area contributed by atoms with Crippen LogP contribution in [0.5, 0.6) is 0 Å². The summed E-state index contributed by atoms with van der Waals surface area (Å²) < 4.78 is 11.3. The van der Waals surface area contributed by atoms with Crippen LogP contribution in [0.15, 0.2) is 84.0 Å². The van der Waals surface area contributed by atoms with Crippen LogP contribution in [0.1, 0.15) is 70.1 Å². The predicted molar refractivity (Wildman–Crippen MR) is 136 cm³/mol. The van der Waals surface area contributed by atoms with Crippen LogP contribution in [0.4, 0.5) is 0 Å². The molecule has 4 heteroatoms. The molecular weight excluding hydrogens is 424 g/mol. The summed E-state index contributed by atoms with van der Waals surface area (Å²) in [6.07, 6.45) is 9.14. The summed E-state index contributed by atoms with van der Waals surface area (Å²) in [5.41, 5.74) is 4.07. The molecule has 0 saturated carbocycles. The molecule has 3 atom stereocenters. The van der Waals surface area contributed by atoms with E-state index in [4.69, 9.17) is 14.6 Å². The van der Waals surface area contributed by atoms with Gasteiger partial charge in [-0.1, -0.05) is 98.5 Å². The molecule has 0 aliphatic carbocycles. The standard InChI is InChI=1S/C30H38O4/c1-22(12-10-11-17-27-28(21-31)33-27)18-23(2)19-24(3)20-29(32)34-30(25-13-6-4-7-14-25)26-15-8-5-9-16-26/h4-9,13-16,19-20,22,27-28,30-31H,10-12,17-18,21H2,1-3H3/b23-19+,24-20+/t22-,27+,28-/m1/s1. The van der Waals surface area contributed by atoms with Crippen molar-refractivity contribution in [3.05, 3.63) is 95.1 Å². The fourth-order valence-electron chi connectivity index (χ4n) is 4.49. The number of epoxide rings is 1. The Morgan fingerprint density at radius 1 is 0.971 bits per heavy atom. The van der Waals surface area contributed by atoms with Gasteiger partial charge in [-0.2, -0.15) is 0 Å². The van der Waals surface area contributed by atoms with Gasteiger partial charge in [0.1, 0.15) is 6.10 Å². The summed E-state index contributed by atoms with van der Waals surface area (Å²) in [6.45, 7) is 6.49. The highest BCUT2D eigenvalue weighted by Crippen LogP contribution is 2.28. The Labute approximate surface area is 204 Å². The zero-order valence-corrected chi connectivity index (χ0v) is 20.7. The van der Waals surface area contributed by atoms with Crippen molar-refractivity contribution in [2.24, 2.45) is 5.92 Å². The van der Waals surface area contributed by atoms with Crippen LogP contribution in [0.2, 0.25) is 0 Å². The van der Waals surface area contributed by atoms with Gasteiger partial charge in [-0.15, -0.1) is 0 Å². The molecule has 182 valence electrons. The van der Waals surface area contributed by atoms with Crippen LogP contribution < -0.4 is 0 Å². The minimum Gasteiger partial charge on any atom is -0.449 e. The van der Waals surface area contributed by atoms with Crippen LogP contribution in [-0.4, -0.2) is 29.9 Å². The number of esters is 1. The van der Waals surface area contributed by atoms with Gasteiger partial charge < -0.3 is 14.6 Å². The number of allylic oxidation sites excluding steroid dienone is 3. The van der Waals surface area contributed by atoms with Crippen molar-refractivity contribution in [3.63, 3.8) is 0 Å². The van der Waals surface area contributed by atoms with E-state index < -0.39 is 6.10 Å². The number of unbranched alkanes of at least 4 members (excludes halogenated alkanes) is 1. The highest BCUT2D eigenvalue weighted by Gasteiger charge is 2.36. The molecule has 0 unspecified atom stereocenters. The van der Waals surface area contributed by atoms with E-state index in [1.807, 2.05) is 67.6 Å². The molecule has 1 aliphatic heterocycles. The van der Waals surface area contributed by atoms with Crippen LogP contribution in [0.3, 0.4) is 0 Å². The molecule has 2 aromatic rings. The van der Waals surface area contributed by atoms with Crippen molar-refractivity contribution in [1.29, 1.82) is 0 Å². The molecule has 4 nitrogen and oxygen atoms in total. The summed E-state index contributed by atoms with van der Waals surface area (Å²) in [7, 11) is 0. The first-order chi connectivity index (χ1) is 16.5. The van der Waals surface area contributed by atoms with E-state index in [0.717, 1.165) is 36.0 Å². The van der Waals surface area contributed by atoms with Crippen molar-refractivity contribution >= 4 is 5.97 Å². The van der Waals surface area contributed by atoms with Crippen LogP contribution >= 0.6 is 0 Å². The van der Waals surface area contributed by atoms with Gasteiger partial charge in [0.25, 0.3) is 0 Å². The number of carbonyl (C=O) groups excluding carboxylic acids is 1. The number of carbonyl (C=O) groups is 1. The number of aliphatic hydroxyl groups excluding tert-OH is 1. The molecule has 34 heavy (non-hydrogen) atoms. The van der Waals surface area contributed by atoms with Crippen molar-refractivity contribution in [2.75, 3.05) is 6.61 Å². The van der Waals surface area contributed by atoms with E-state index in [2.05, 4.69) is 19.9 Å². The topological polar surface area (TPSA) is 59.1 Å². The van der Waals surface area contributed by atoms with E-state index in [-0.39, 0.29) is 24.8 Å². The van der Waals surface area contributed by atoms with Crippen molar-refractivity contribution in [1.82, 2.24) is 0 Å². The SMILES string of the molecule is CC(=C\C(=O)OC(c1ccccc1)c1ccccc1)/C=C(\C)C[C@H](C)CCCC[C@@H]1O[C@@H]1CO. The van der Waals surface area contributed by atoms with Gasteiger partial charge in [-0.05, 0) is 49.3 Å². The largest absolute Gasteiger partial charge is 0.449 e. The van der Waals surface area contributed by atoms with E-state index >= 15 is 0 Å². The Balaban J connectivity index is 1.50. The van der Waals surface area contributed by atoms with E-state index in [0.29, 0.717) is 5.92 Å². The summed E-state index contributed by atoms with van der Waals surface area (Å²) >= 11 is 0. The maximum Gasteiger partial charge on any atom is 0.331 e. The average Bonchev–Trinajstić information content (AvgIpc) is 3.60. The van der Waals surface area contributed by atoms with Crippen LogP contribution in [0.25, 0.3) is 0 Å². The van der Waals surface area contributed by atoms with E-state index in [1.54, 1.807) is 6.08 Å². The minimum absolute atomic E-state index is 0.0831. The summed E-state index contributed by atoms with van der Waals surface area (Å²) in [4.78, 5) is 12.7. The maximum atomic E-state index is 12.7. The smallest absolute Gasteiger partial charge is 0.331 e. The first kappa shape index (κ1) is 25.9. The molecule has 2 aromatic carbocycles. The third kappa shape index (κ3) is 8.58. The Hall–Kier alpha value is -2.69. The first-order valence-electron chi connectivity index (χ1n) is 12.4. The lowest BCUT2D eigenvalue weighted by atomic mass is 9.95. The molecule has 0 aromatic heterocycles. The van der Waals surface area contributed by atoms with Gasteiger partial charge in [0, 0.05) is 6.08 Å². The summed E-state index contributed by atoms with van der Waals surface area (Å²) in [5.74, 6) is 0.251. The number of rotatable bonds is 13. The molecular formula is C30H38O4. The zero-order valence-electron chi connectivity index (χ0n) is 20.7. The fraction of sp³-hybridized carbons (Fsp3) is 0.433. The van der Waals surface area contributed by atoms with Crippen molar-refractivity contribution < 1.29 is 19.4 Å². The van der Waals surface area contributed by atoms with Gasteiger partial charge in [0.15, 0.2) is 6.10 Å². The van der Waals surface area contributed by atoms with Crippen LogP contribution in [-0.2, 0) is 14.3 Å². The molecule has 0 radical (unpaired) electrons. The molecule has 1 fully saturated rings. The summed E-state index contributed by atoms with van der Waals surface area (Å²) in [6, 6.07) is 19.7. The zero-order chi connectivity index (χ0) is 24.3. The maximum absolute atomic E-state index is 12.7. The third-order valence-electron chi connectivity index (χ3n) is 6.23.